The van der Waals surface area contributed by atoms with E-state index < -0.39 is 23.7 Å². The fourth-order valence-corrected chi connectivity index (χ4v) is 4.35. The van der Waals surface area contributed by atoms with Crippen LogP contribution in [-0.2, 0) is 16.9 Å². The van der Waals surface area contributed by atoms with Gasteiger partial charge in [0.15, 0.2) is 11.4 Å². The molecule has 3 aromatic rings. The zero-order valence-corrected chi connectivity index (χ0v) is 18.6. The summed E-state index contributed by atoms with van der Waals surface area (Å²) in [5, 5.41) is 12.3. The Balaban J connectivity index is 1.73. The Labute approximate surface area is 191 Å². The standard InChI is InChI=1S/C22H15BrCl2N2O3/c23-14-5-7-19-16(9-14)22(30,11-20(28)18-3-1-2-8-26-18)21(29)27(19)12-13-4-6-15(24)10-17(13)25/h1-10,30H,11-12H2. The second-order valence-electron chi connectivity index (χ2n) is 6.96. The molecule has 5 nitrogen and oxygen atoms in total. The van der Waals surface area contributed by atoms with Crippen molar-refractivity contribution in [1.82, 2.24) is 4.98 Å². The molecule has 0 aliphatic carbocycles. The molecule has 0 fully saturated rings. The van der Waals surface area contributed by atoms with Crippen molar-refractivity contribution >= 4 is 56.5 Å². The van der Waals surface area contributed by atoms with Gasteiger partial charge in [-0.2, -0.15) is 0 Å². The summed E-state index contributed by atoms with van der Waals surface area (Å²) in [6.07, 6.45) is 1.07. The molecule has 152 valence electrons. The van der Waals surface area contributed by atoms with Crippen LogP contribution >= 0.6 is 39.1 Å². The normalized spacial score (nSPS) is 17.9. The van der Waals surface area contributed by atoms with Crippen molar-refractivity contribution in [3.63, 3.8) is 0 Å². The first-order valence-corrected chi connectivity index (χ1v) is 10.6. The van der Waals surface area contributed by atoms with Crippen molar-refractivity contribution in [1.29, 1.82) is 0 Å². The van der Waals surface area contributed by atoms with Gasteiger partial charge >= 0.3 is 0 Å². The molecule has 1 aromatic heterocycles. The lowest BCUT2D eigenvalue weighted by atomic mass is 9.89. The highest BCUT2D eigenvalue weighted by Gasteiger charge is 2.51. The number of amides is 1. The van der Waals surface area contributed by atoms with Gasteiger partial charge < -0.3 is 10.0 Å². The number of rotatable bonds is 5. The Bertz CT molecular complexity index is 1160. The summed E-state index contributed by atoms with van der Waals surface area (Å²) in [7, 11) is 0. The first-order chi connectivity index (χ1) is 14.3. The van der Waals surface area contributed by atoms with Gasteiger partial charge in [-0.25, -0.2) is 0 Å². The van der Waals surface area contributed by atoms with E-state index in [1.165, 1.54) is 11.1 Å². The third-order valence-electron chi connectivity index (χ3n) is 5.00. The minimum atomic E-state index is -2.01. The number of hydrogen-bond donors (Lipinski definition) is 1. The van der Waals surface area contributed by atoms with E-state index in [0.29, 0.717) is 31.3 Å². The second-order valence-corrected chi connectivity index (χ2v) is 8.72. The summed E-state index contributed by atoms with van der Waals surface area (Å²) in [6, 6.07) is 15.1. The van der Waals surface area contributed by atoms with Crippen LogP contribution in [0.15, 0.2) is 65.3 Å². The van der Waals surface area contributed by atoms with E-state index >= 15 is 0 Å². The number of pyridine rings is 1. The summed E-state index contributed by atoms with van der Waals surface area (Å²) < 4.78 is 0.684. The molecule has 2 heterocycles. The van der Waals surface area contributed by atoms with E-state index in [0.717, 1.165) is 0 Å². The van der Waals surface area contributed by atoms with Gasteiger partial charge in [-0.15, -0.1) is 0 Å². The predicted molar refractivity (Wildman–Crippen MR) is 119 cm³/mol. The molecule has 0 saturated carbocycles. The molecule has 1 atom stereocenters. The lowest BCUT2D eigenvalue weighted by Crippen LogP contribution is -2.41. The van der Waals surface area contributed by atoms with Crippen LogP contribution in [0.1, 0.15) is 28.0 Å². The zero-order valence-electron chi connectivity index (χ0n) is 15.5. The topological polar surface area (TPSA) is 70.5 Å². The summed E-state index contributed by atoms with van der Waals surface area (Å²) in [5.41, 5.74) is -0.271. The summed E-state index contributed by atoms with van der Waals surface area (Å²) in [4.78, 5) is 31.6. The predicted octanol–water partition coefficient (Wildman–Crippen LogP) is 5.16. The van der Waals surface area contributed by atoms with Crippen molar-refractivity contribution in [3.8, 4) is 0 Å². The van der Waals surface area contributed by atoms with Gasteiger partial charge in [0.25, 0.3) is 5.91 Å². The molecule has 0 bridgehead atoms. The van der Waals surface area contributed by atoms with E-state index in [-0.39, 0.29) is 12.2 Å². The number of ketones is 1. The SMILES string of the molecule is O=C(CC1(O)C(=O)N(Cc2ccc(Cl)cc2Cl)c2ccc(Br)cc21)c1ccccn1. The van der Waals surface area contributed by atoms with Gasteiger partial charge in [-0.1, -0.05) is 51.3 Å². The second kappa shape index (κ2) is 8.12. The maximum absolute atomic E-state index is 13.4. The molecule has 0 radical (unpaired) electrons. The maximum Gasteiger partial charge on any atom is 0.264 e. The van der Waals surface area contributed by atoms with Crippen LogP contribution in [0, 0.1) is 0 Å². The first-order valence-electron chi connectivity index (χ1n) is 9.02. The van der Waals surface area contributed by atoms with Crippen LogP contribution in [0.25, 0.3) is 0 Å². The number of aliphatic hydroxyl groups is 1. The van der Waals surface area contributed by atoms with E-state index in [1.54, 1.807) is 54.6 Å². The van der Waals surface area contributed by atoms with Crippen molar-refractivity contribution in [2.75, 3.05) is 4.90 Å². The van der Waals surface area contributed by atoms with Crippen molar-refractivity contribution in [2.45, 2.75) is 18.6 Å². The quantitative estimate of drug-likeness (QED) is 0.486. The molecular formula is C22H15BrCl2N2O3. The smallest absolute Gasteiger partial charge is 0.264 e. The summed E-state index contributed by atoms with van der Waals surface area (Å²) in [5.74, 6) is -1.02. The van der Waals surface area contributed by atoms with Crippen molar-refractivity contribution in [2.24, 2.45) is 0 Å². The molecule has 8 heteroatoms. The number of fused-ring (bicyclic) bond motifs is 1. The minimum absolute atomic E-state index is 0.129. The fourth-order valence-electron chi connectivity index (χ4n) is 3.52. The zero-order chi connectivity index (χ0) is 21.5. The third kappa shape index (κ3) is 3.76. The van der Waals surface area contributed by atoms with Crippen LogP contribution in [0.4, 0.5) is 5.69 Å². The highest BCUT2D eigenvalue weighted by molar-refractivity contribution is 9.10. The number of halogens is 3. The molecular weight excluding hydrogens is 491 g/mol. The molecule has 30 heavy (non-hydrogen) atoms. The lowest BCUT2D eigenvalue weighted by molar-refractivity contribution is -0.136. The van der Waals surface area contributed by atoms with Crippen LogP contribution in [0.2, 0.25) is 10.0 Å². The van der Waals surface area contributed by atoms with E-state index in [4.69, 9.17) is 23.2 Å². The molecule has 1 aliphatic heterocycles. The lowest BCUT2D eigenvalue weighted by Gasteiger charge is -2.23. The number of aromatic nitrogens is 1. The van der Waals surface area contributed by atoms with Crippen molar-refractivity contribution < 1.29 is 14.7 Å². The van der Waals surface area contributed by atoms with Gasteiger partial charge in [-0.3, -0.25) is 14.6 Å². The Morgan fingerprint density at radius 1 is 1.13 bits per heavy atom. The number of hydrogen-bond acceptors (Lipinski definition) is 4. The van der Waals surface area contributed by atoms with Crippen LogP contribution in [-0.4, -0.2) is 21.8 Å². The Morgan fingerprint density at radius 3 is 2.63 bits per heavy atom. The third-order valence-corrected chi connectivity index (χ3v) is 6.08. The molecule has 1 aliphatic rings. The van der Waals surface area contributed by atoms with Crippen LogP contribution in [0.3, 0.4) is 0 Å². The fraction of sp³-hybridized carbons (Fsp3) is 0.136. The van der Waals surface area contributed by atoms with Gasteiger partial charge in [0, 0.05) is 26.3 Å². The monoisotopic (exact) mass is 504 g/mol. The van der Waals surface area contributed by atoms with Crippen molar-refractivity contribution in [3.05, 3.63) is 92.1 Å². The number of Topliss-reactive ketones (excluding diaryl/α,β-unsaturated/α-hetero) is 1. The van der Waals surface area contributed by atoms with E-state index in [2.05, 4.69) is 20.9 Å². The highest BCUT2D eigenvalue weighted by Crippen LogP contribution is 2.45. The van der Waals surface area contributed by atoms with Gasteiger partial charge in [-0.05, 0) is 48.0 Å². The summed E-state index contributed by atoms with van der Waals surface area (Å²) >= 11 is 15.6. The Hall–Kier alpha value is -2.25. The van der Waals surface area contributed by atoms with Crippen LogP contribution in [0.5, 0.6) is 0 Å². The molecule has 0 spiro atoms. The average Bonchev–Trinajstić information content (AvgIpc) is 2.92. The molecule has 1 N–H and O–H groups in total. The molecule has 1 amide bonds. The molecule has 4 rings (SSSR count). The minimum Gasteiger partial charge on any atom is -0.375 e. The number of benzene rings is 2. The number of carbonyl (C=O) groups excluding carboxylic acids is 2. The molecule has 1 unspecified atom stereocenters. The largest absolute Gasteiger partial charge is 0.375 e. The van der Waals surface area contributed by atoms with Gasteiger partial charge in [0.2, 0.25) is 0 Å². The number of nitrogens with zero attached hydrogens (tertiary/aromatic N) is 2. The van der Waals surface area contributed by atoms with E-state index in [1.807, 2.05) is 0 Å². The molecule has 0 saturated heterocycles. The summed E-state index contributed by atoms with van der Waals surface area (Å²) in [6.45, 7) is 0.129. The Kier molecular flexibility index (Phi) is 5.68. The van der Waals surface area contributed by atoms with Gasteiger partial charge in [0.05, 0.1) is 18.7 Å². The first kappa shape index (κ1) is 21.0. The average molecular weight is 506 g/mol. The van der Waals surface area contributed by atoms with Gasteiger partial charge in [0.1, 0.15) is 5.69 Å². The highest BCUT2D eigenvalue weighted by atomic mass is 79.9. The molecule has 2 aromatic carbocycles. The number of carbonyl (C=O) groups is 2. The maximum atomic E-state index is 13.4. The van der Waals surface area contributed by atoms with Crippen LogP contribution < -0.4 is 4.90 Å². The van der Waals surface area contributed by atoms with E-state index in [9.17, 15) is 14.7 Å². The number of anilines is 1. The Morgan fingerprint density at radius 2 is 1.93 bits per heavy atom.